The first-order chi connectivity index (χ1) is 13.1. The van der Waals surface area contributed by atoms with Gasteiger partial charge in [0.1, 0.15) is 5.82 Å². The number of nitrogens with zero attached hydrogens (tertiary/aromatic N) is 1. The van der Waals surface area contributed by atoms with Crippen molar-refractivity contribution in [1.29, 1.82) is 0 Å². The van der Waals surface area contributed by atoms with E-state index in [-0.39, 0.29) is 17.8 Å². The second-order valence-corrected chi connectivity index (χ2v) is 8.36. The molecule has 1 amide bonds. The lowest BCUT2D eigenvalue weighted by Gasteiger charge is -2.32. The van der Waals surface area contributed by atoms with Gasteiger partial charge >= 0.3 is 0 Å². The third kappa shape index (κ3) is 4.20. The molecule has 27 heavy (non-hydrogen) atoms. The van der Waals surface area contributed by atoms with Crippen LogP contribution < -0.4 is 5.32 Å². The van der Waals surface area contributed by atoms with Crippen molar-refractivity contribution in [1.82, 2.24) is 10.2 Å². The van der Waals surface area contributed by atoms with Crippen LogP contribution in [0.3, 0.4) is 0 Å². The predicted molar refractivity (Wildman–Crippen MR) is 109 cm³/mol. The molecule has 0 bridgehead atoms. The normalized spacial score (nSPS) is 15.9. The summed E-state index contributed by atoms with van der Waals surface area (Å²) in [6.07, 6.45) is 1.88. The van der Waals surface area contributed by atoms with Crippen LogP contribution in [0.4, 0.5) is 4.39 Å². The molecule has 0 unspecified atom stereocenters. The number of nitrogens with one attached hydrogen (secondary N) is 1. The zero-order valence-corrected chi connectivity index (χ0v) is 16.2. The molecule has 0 saturated carbocycles. The quantitative estimate of drug-likeness (QED) is 0.707. The Bertz CT molecular complexity index is 960. The number of carbonyl (C=O) groups excluding carboxylic acids is 1. The van der Waals surface area contributed by atoms with Gasteiger partial charge in [0.15, 0.2) is 0 Å². The van der Waals surface area contributed by atoms with Gasteiger partial charge in [-0.2, -0.15) is 0 Å². The fraction of sp³-hybridized carbons (Fsp3) is 0.318. The third-order valence-electron chi connectivity index (χ3n) is 5.14. The van der Waals surface area contributed by atoms with E-state index in [2.05, 4.69) is 41.4 Å². The standard InChI is InChI=1S/C22H23FN2OS/c1-15-4-2-5-16(12-15)14-25-10-8-17(9-11-25)24-22(26)21-13-18-19(23)6-3-7-20(18)27-21/h2-7,12-13,17H,8-11,14H2,1H3,(H,24,26). The van der Waals surface area contributed by atoms with Crippen LogP contribution in [0.15, 0.2) is 48.5 Å². The molecule has 0 aliphatic carbocycles. The maximum Gasteiger partial charge on any atom is 0.261 e. The van der Waals surface area contributed by atoms with E-state index in [0.29, 0.717) is 10.3 Å². The van der Waals surface area contributed by atoms with Crippen molar-refractivity contribution in [3.05, 3.63) is 70.4 Å². The lowest BCUT2D eigenvalue weighted by atomic mass is 10.0. The number of thiophene rings is 1. The fourth-order valence-corrected chi connectivity index (χ4v) is 4.68. The highest BCUT2D eigenvalue weighted by atomic mass is 32.1. The van der Waals surface area contributed by atoms with Crippen molar-refractivity contribution in [3.8, 4) is 0 Å². The van der Waals surface area contributed by atoms with Crippen LogP contribution >= 0.6 is 11.3 Å². The molecule has 0 radical (unpaired) electrons. The maximum absolute atomic E-state index is 13.8. The van der Waals surface area contributed by atoms with Crippen LogP contribution in [0.2, 0.25) is 0 Å². The maximum atomic E-state index is 13.8. The summed E-state index contributed by atoms with van der Waals surface area (Å²) in [6.45, 7) is 5.02. The molecule has 3 nitrogen and oxygen atoms in total. The average molecular weight is 383 g/mol. The first kappa shape index (κ1) is 18.1. The zero-order chi connectivity index (χ0) is 18.8. The van der Waals surface area contributed by atoms with Gasteiger partial charge in [-0.1, -0.05) is 35.9 Å². The third-order valence-corrected chi connectivity index (χ3v) is 6.24. The first-order valence-corrected chi connectivity index (χ1v) is 10.2. The molecule has 140 valence electrons. The summed E-state index contributed by atoms with van der Waals surface area (Å²) in [4.78, 5) is 15.6. The van der Waals surface area contributed by atoms with Gasteiger partial charge < -0.3 is 5.32 Å². The van der Waals surface area contributed by atoms with Crippen LogP contribution in [0, 0.1) is 12.7 Å². The van der Waals surface area contributed by atoms with E-state index >= 15 is 0 Å². The topological polar surface area (TPSA) is 32.3 Å². The molecule has 1 aliphatic rings. The molecule has 4 rings (SSSR count). The zero-order valence-electron chi connectivity index (χ0n) is 15.4. The van der Waals surface area contributed by atoms with E-state index in [9.17, 15) is 9.18 Å². The number of piperidine rings is 1. The number of rotatable bonds is 4. The minimum absolute atomic E-state index is 0.0901. The number of hydrogen-bond donors (Lipinski definition) is 1. The van der Waals surface area contributed by atoms with Crippen molar-refractivity contribution in [2.24, 2.45) is 0 Å². The van der Waals surface area contributed by atoms with Gasteiger partial charge in [0.05, 0.1) is 4.88 Å². The summed E-state index contributed by atoms with van der Waals surface area (Å²) < 4.78 is 14.7. The highest BCUT2D eigenvalue weighted by Gasteiger charge is 2.22. The summed E-state index contributed by atoms with van der Waals surface area (Å²) in [7, 11) is 0. The minimum atomic E-state index is -0.271. The van der Waals surface area contributed by atoms with E-state index in [1.165, 1.54) is 28.5 Å². The van der Waals surface area contributed by atoms with Gasteiger partial charge in [0, 0.05) is 35.8 Å². The van der Waals surface area contributed by atoms with E-state index in [1.54, 1.807) is 12.1 Å². The Balaban J connectivity index is 1.33. The molecule has 0 atom stereocenters. The lowest BCUT2D eigenvalue weighted by Crippen LogP contribution is -2.44. The second-order valence-electron chi connectivity index (χ2n) is 7.28. The highest BCUT2D eigenvalue weighted by Crippen LogP contribution is 2.28. The van der Waals surface area contributed by atoms with Crippen molar-refractivity contribution >= 4 is 27.3 Å². The number of likely N-dealkylation sites (tertiary alicyclic amines) is 1. The Hall–Kier alpha value is -2.24. The molecule has 0 spiro atoms. The smallest absolute Gasteiger partial charge is 0.261 e. The number of benzene rings is 2. The Kier molecular flexibility index (Phi) is 5.23. The molecule has 3 aromatic rings. The molecule has 2 aromatic carbocycles. The Morgan fingerprint density at radius 3 is 2.70 bits per heavy atom. The molecular weight excluding hydrogens is 359 g/mol. The van der Waals surface area contributed by atoms with Crippen molar-refractivity contribution in [2.75, 3.05) is 13.1 Å². The molecule has 2 heterocycles. The second kappa shape index (κ2) is 7.79. The Morgan fingerprint density at radius 1 is 1.19 bits per heavy atom. The van der Waals surface area contributed by atoms with Crippen LogP contribution in [0.5, 0.6) is 0 Å². The Morgan fingerprint density at radius 2 is 1.96 bits per heavy atom. The van der Waals surface area contributed by atoms with Gasteiger partial charge in [-0.3, -0.25) is 9.69 Å². The fourth-order valence-electron chi connectivity index (χ4n) is 3.70. The van der Waals surface area contributed by atoms with Gasteiger partial charge in [-0.05, 0) is 43.5 Å². The Labute approximate surface area is 162 Å². The number of aryl methyl sites for hydroxylation is 1. The molecule has 1 aliphatic heterocycles. The summed E-state index contributed by atoms with van der Waals surface area (Å²) in [5.74, 6) is -0.361. The largest absolute Gasteiger partial charge is 0.349 e. The van der Waals surface area contributed by atoms with E-state index < -0.39 is 0 Å². The van der Waals surface area contributed by atoms with Crippen molar-refractivity contribution in [3.63, 3.8) is 0 Å². The van der Waals surface area contributed by atoms with E-state index in [4.69, 9.17) is 0 Å². The molecule has 1 N–H and O–H groups in total. The van der Waals surface area contributed by atoms with E-state index in [1.807, 2.05) is 6.07 Å². The number of halogens is 1. The molecule has 1 saturated heterocycles. The lowest BCUT2D eigenvalue weighted by molar-refractivity contribution is 0.0913. The average Bonchev–Trinajstić information content (AvgIpc) is 3.09. The highest BCUT2D eigenvalue weighted by molar-refractivity contribution is 7.20. The summed E-state index contributed by atoms with van der Waals surface area (Å²) in [5, 5.41) is 3.66. The molecule has 1 aromatic heterocycles. The van der Waals surface area contributed by atoms with Crippen molar-refractivity contribution < 1.29 is 9.18 Å². The van der Waals surface area contributed by atoms with Gasteiger partial charge in [-0.25, -0.2) is 4.39 Å². The monoisotopic (exact) mass is 382 g/mol. The molecule has 1 fully saturated rings. The number of hydrogen-bond acceptors (Lipinski definition) is 3. The van der Waals surface area contributed by atoms with Gasteiger partial charge in [0.25, 0.3) is 5.91 Å². The SMILES string of the molecule is Cc1cccc(CN2CCC(NC(=O)c3cc4c(F)cccc4s3)CC2)c1. The number of carbonyl (C=O) groups is 1. The number of fused-ring (bicyclic) bond motifs is 1. The van der Waals surface area contributed by atoms with Crippen LogP contribution in [-0.4, -0.2) is 29.9 Å². The number of amides is 1. The van der Waals surface area contributed by atoms with Gasteiger partial charge in [0.2, 0.25) is 0 Å². The van der Waals surface area contributed by atoms with Crippen molar-refractivity contribution in [2.45, 2.75) is 32.4 Å². The van der Waals surface area contributed by atoms with Crippen LogP contribution in [0.25, 0.3) is 10.1 Å². The van der Waals surface area contributed by atoms with Gasteiger partial charge in [-0.15, -0.1) is 11.3 Å². The summed E-state index contributed by atoms with van der Waals surface area (Å²) >= 11 is 1.35. The predicted octanol–water partition coefficient (Wildman–Crippen LogP) is 4.74. The van der Waals surface area contributed by atoms with Crippen LogP contribution in [0.1, 0.15) is 33.6 Å². The summed E-state index contributed by atoms with van der Waals surface area (Å²) in [6, 6.07) is 15.4. The minimum Gasteiger partial charge on any atom is -0.349 e. The molecule has 5 heteroatoms. The first-order valence-electron chi connectivity index (χ1n) is 9.35. The van der Waals surface area contributed by atoms with Crippen LogP contribution in [-0.2, 0) is 6.54 Å². The van der Waals surface area contributed by atoms with E-state index in [0.717, 1.165) is 37.2 Å². The molecular formula is C22H23FN2OS. The summed E-state index contributed by atoms with van der Waals surface area (Å²) in [5.41, 5.74) is 2.62.